The van der Waals surface area contributed by atoms with Crippen LogP contribution in [0.5, 0.6) is 0 Å². The summed E-state index contributed by atoms with van der Waals surface area (Å²) in [6.45, 7) is 3.31. The summed E-state index contributed by atoms with van der Waals surface area (Å²) in [7, 11) is -3.90. The average Bonchev–Trinajstić information content (AvgIpc) is 3.03. The summed E-state index contributed by atoms with van der Waals surface area (Å²) in [5, 5.41) is 0. The highest BCUT2D eigenvalue weighted by atomic mass is 32.2. The molecule has 8 heteroatoms. The minimum absolute atomic E-state index is 0.0171. The Hall–Kier alpha value is -2.45. The van der Waals surface area contributed by atoms with Crippen molar-refractivity contribution in [3.05, 3.63) is 59.9 Å². The zero-order valence-corrected chi connectivity index (χ0v) is 17.1. The molecule has 2 aromatic rings. The van der Waals surface area contributed by atoms with Gasteiger partial charge in [0.25, 0.3) is 0 Å². The van der Waals surface area contributed by atoms with E-state index in [1.54, 1.807) is 4.90 Å². The van der Waals surface area contributed by atoms with Crippen molar-refractivity contribution in [2.75, 3.05) is 37.6 Å². The number of halogens is 1. The van der Waals surface area contributed by atoms with Gasteiger partial charge in [0.05, 0.1) is 6.54 Å². The van der Waals surface area contributed by atoms with Crippen LogP contribution >= 0.6 is 0 Å². The molecule has 0 radical (unpaired) electrons. The lowest BCUT2D eigenvalue weighted by atomic mass is 10.1. The second-order valence-corrected chi connectivity index (χ2v) is 9.43. The van der Waals surface area contributed by atoms with Crippen molar-refractivity contribution >= 4 is 21.6 Å². The van der Waals surface area contributed by atoms with Gasteiger partial charge in [-0.2, -0.15) is 4.31 Å². The molecule has 154 valence electrons. The fourth-order valence-electron chi connectivity index (χ4n) is 4.09. The lowest BCUT2D eigenvalue weighted by molar-refractivity contribution is -0.130. The van der Waals surface area contributed by atoms with Crippen molar-refractivity contribution in [2.45, 2.75) is 24.3 Å². The molecule has 2 aliphatic rings. The maximum Gasteiger partial charge on any atom is 0.246 e. The molecule has 1 atom stereocenters. The van der Waals surface area contributed by atoms with Gasteiger partial charge in [0.15, 0.2) is 0 Å². The van der Waals surface area contributed by atoms with Crippen LogP contribution in [0, 0.1) is 5.82 Å². The first-order valence-electron chi connectivity index (χ1n) is 9.75. The zero-order chi connectivity index (χ0) is 20.6. The molecule has 1 fully saturated rings. The van der Waals surface area contributed by atoms with Gasteiger partial charge in [0, 0.05) is 37.9 Å². The number of amides is 1. The Balaban J connectivity index is 1.40. The Labute approximate surface area is 170 Å². The van der Waals surface area contributed by atoms with Crippen molar-refractivity contribution in [2.24, 2.45) is 0 Å². The zero-order valence-electron chi connectivity index (χ0n) is 16.3. The fraction of sp³-hybridized carbons (Fsp3) is 0.381. The molecule has 0 aliphatic carbocycles. The highest BCUT2D eigenvalue weighted by molar-refractivity contribution is 7.89. The number of anilines is 1. The molecule has 0 unspecified atom stereocenters. The van der Waals surface area contributed by atoms with Gasteiger partial charge < -0.3 is 9.80 Å². The van der Waals surface area contributed by atoms with Gasteiger partial charge in [-0.1, -0.05) is 30.3 Å². The van der Waals surface area contributed by atoms with E-state index in [2.05, 4.69) is 17.9 Å². The normalized spacial score (nSPS) is 20.0. The summed E-state index contributed by atoms with van der Waals surface area (Å²) in [6, 6.07) is 13.7. The largest absolute Gasteiger partial charge is 0.359 e. The van der Waals surface area contributed by atoms with Crippen LogP contribution in [0.4, 0.5) is 10.1 Å². The SMILES string of the molecule is C[C@H]1Cc2ccccc2N1CC(=O)N1CCN(S(=O)(=O)c2ccccc2F)CC1. The third-order valence-corrected chi connectivity index (χ3v) is 7.63. The van der Waals surface area contributed by atoms with Crippen LogP contribution < -0.4 is 4.90 Å². The van der Waals surface area contributed by atoms with E-state index in [-0.39, 0.29) is 36.5 Å². The Morgan fingerprint density at radius 1 is 1.03 bits per heavy atom. The van der Waals surface area contributed by atoms with Crippen LogP contribution in [-0.2, 0) is 21.2 Å². The third kappa shape index (κ3) is 3.74. The standard InChI is InChI=1S/C21H24FN3O3S/c1-16-14-17-6-2-4-8-19(17)25(16)15-21(26)23-10-12-24(13-11-23)29(27,28)20-9-5-3-7-18(20)22/h2-9,16H,10-15H2,1H3/t16-/m0/s1. The summed E-state index contributed by atoms with van der Waals surface area (Å²) < 4.78 is 40.6. The summed E-state index contributed by atoms with van der Waals surface area (Å²) in [4.78, 5) is 16.3. The van der Waals surface area contributed by atoms with Crippen LogP contribution in [0.2, 0.25) is 0 Å². The molecule has 0 N–H and O–H groups in total. The van der Waals surface area contributed by atoms with Crippen LogP contribution in [0.15, 0.2) is 53.4 Å². The highest BCUT2D eigenvalue weighted by Gasteiger charge is 2.33. The third-order valence-electron chi connectivity index (χ3n) is 5.70. The number of piperazine rings is 1. The first kappa shape index (κ1) is 19.8. The van der Waals surface area contributed by atoms with E-state index in [0.717, 1.165) is 18.2 Å². The fourth-order valence-corrected chi connectivity index (χ4v) is 5.57. The Morgan fingerprint density at radius 2 is 1.69 bits per heavy atom. The Bertz CT molecular complexity index is 1020. The van der Waals surface area contributed by atoms with E-state index < -0.39 is 15.8 Å². The molecular formula is C21H24FN3O3S. The van der Waals surface area contributed by atoms with Crippen molar-refractivity contribution in [1.82, 2.24) is 9.21 Å². The van der Waals surface area contributed by atoms with Crippen molar-refractivity contribution < 1.29 is 17.6 Å². The summed E-state index contributed by atoms with van der Waals surface area (Å²) >= 11 is 0. The minimum Gasteiger partial charge on any atom is -0.359 e. The Morgan fingerprint density at radius 3 is 2.41 bits per heavy atom. The van der Waals surface area contributed by atoms with Gasteiger partial charge in [-0.15, -0.1) is 0 Å². The van der Waals surface area contributed by atoms with Crippen LogP contribution in [0.25, 0.3) is 0 Å². The minimum atomic E-state index is -3.90. The molecule has 0 spiro atoms. The molecule has 0 saturated carbocycles. The molecule has 0 bridgehead atoms. The molecular weight excluding hydrogens is 393 g/mol. The van der Waals surface area contributed by atoms with E-state index in [4.69, 9.17) is 0 Å². The maximum atomic E-state index is 14.0. The van der Waals surface area contributed by atoms with Crippen LogP contribution in [0.1, 0.15) is 12.5 Å². The second kappa shape index (κ2) is 7.76. The number of benzene rings is 2. The van der Waals surface area contributed by atoms with E-state index in [0.29, 0.717) is 13.1 Å². The number of carbonyl (C=O) groups is 1. The predicted octanol–water partition coefficient (Wildman–Crippen LogP) is 2.11. The van der Waals surface area contributed by atoms with Crippen molar-refractivity contribution in [1.29, 1.82) is 0 Å². The van der Waals surface area contributed by atoms with Gasteiger partial charge in [-0.05, 0) is 37.1 Å². The number of nitrogens with zero attached hydrogens (tertiary/aromatic N) is 3. The van der Waals surface area contributed by atoms with E-state index in [9.17, 15) is 17.6 Å². The molecule has 2 aromatic carbocycles. The Kier molecular flexibility index (Phi) is 5.31. The molecule has 0 aromatic heterocycles. The number of carbonyl (C=O) groups excluding carboxylic acids is 1. The first-order valence-corrected chi connectivity index (χ1v) is 11.2. The molecule has 1 amide bonds. The summed E-state index contributed by atoms with van der Waals surface area (Å²) in [5.41, 5.74) is 2.34. The summed E-state index contributed by atoms with van der Waals surface area (Å²) in [5.74, 6) is -0.774. The smallest absolute Gasteiger partial charge is 0.246 e. The molecule has 4 rings (SSSR count). The van der Waals surface area contributed by atoms with Gasteiger partial charge in [-0.25, -0.2) is 12.8 Å². The van der Waals surface area contributed by atoms with Crippen molar-refractivity contribution in [3.8, 4) is 0 Å². The van der Waals surface area contributed by atoms with E-state index in [1.165, 1.54) is 28.1 Å². The summed E-state index contributed by atoms with van der Waals surface area (Å²) in [6.07, 6.45) is 0.915. The average molecular weight is 418 g/mol. The molecule has 2 aliphatic heterocycles. The van der Waals surface area contributed by atoms with Crippen LogP contribution in [-0.4, -0.2) is 62.3 Å². The lowest BCUT2D eigenvalue weighted by Crippen LogP contribution is -2.53. The van der Waals surface area contributed by atoms with Gasteiger partial charge >= 0.3 is 0 Å². The molecule has 6 nitrogen and oxygen atoms in total. The van der Waals surface area contributed by atoms with Gasteiger partial charge in [0.1, 0.15) is 10.7 Å². The number of fused-ring (bicyclic) bond motifs is 1. The van der Waals surface area contributed by atoms with E-state index in [1.807, 2.05) is 18.2 Å². The van der Waals surface area contributed by atoms with Gasteiger partial charge in [-0.3, -0.25) is 4.79 Å². The number of rotatable bonds is 4. The van der Waals surface area contributed by atoms with E-state index >= 15 is 0 Å². The molecule has 2 heterocycles. The highest BCUT2D eigenvalue weighted by Crippen LogP contribution is 2.31. The number of hydrogen-bond acceptors (Lipinski definition) is 4. The van der Waals surface area contributed by atoms with Gasteiger partial charge in [0.2, 0.25) is 15.9 Å². The number of para-hydroxylation sites is 1. The predicted molar refractivity (Wildman–Crippen MR) is 109 cm³/mol. The lowest BCUT2D eigenvalue weighted by Gasteiger charge is -2.35. The second-order valence-electron chi connectivity index (χ2n) is 7.53. The topological polar surface area (TPSA) is 60.9 Å². The molecule has 29 heavy (non-hydrogen) atoms. The maximum absolute atomic E-state index is 14.0. The van der Waals surface area contributed by atoms with Crippen LogP contribution in [0.3, 0.4) is 0 Å². The first-order chi connectivity index (χ1) is 13.9. The van der Waals surface area contributed by atoms with Crippen molar-refractivity contribution in [3.63, 3.8) is 0 Å². The quantitative estimate of drug-likeness (QED) is 0.765. The monoisotopic (exact) mass is 417 g/mol. The number of sulfonamides is 1. The molecule has 1 saturated heterocycles. The number of hydrogen-bond donors (Lipinski definition) is 0.